The highest BCUT2D eigenvalue weighted by atomic mass is 32.2. The molecule has 0 saturated heterocycles. The summed E-state index contributed by atoms with van der Waals surface area (Å²) in [7, 11) is 0. The molecular weight excluding hydrogens is 420 g/mol. The molecule has 3 rings (SSSR count). The van der Waals surface area contributed by atoms with Gasteiger partial charge in [-0.2, -0.15) is 11.8 Å². The van der Waals surface area contributed by atoms with Crippen LogP contribution in [0.25, 0.3) is 0 Å². The number of hydrogen-bond acceptors (Lipinski definition) is 2. The van der Waals surface area contributed by atoms with Gasteiger partial charge < -0.3 is 5.11 Å². The molecule has 2 heteroatoms. The van der Waals surface area contributed by atoms with E-state index in [1.54, 1.807) is 0 Å². The summed E-state index contributed by atoms with van der Waals surface area (Å²) < 4.78 is 0. The van der Waals surface area contributed by atoms with Crippen LogP contribution < -0.4 is 0 Å². The molecule has 33 heavy (non-hydrogen) atoms. The number of unbranched alkanes of at least 4 members (excludes halogenated alkanes) is 9. The number of benzene rings is 1. The minimum Gasteiger partial charge on any atom is -0.507 e. The van der Waals surface area contributed by atoms with Crippen LogP contribution in [0.5, 0.6) is 5.75 Å². The Morgan fingerprint density at radius 2 is 1.12 bits per heavy atom. The summed E-state index contributed by atoms with van der Waals surface area (Å²) in [6.07, 6.45) is 27.3. The van der Waals surface area contributed by atoms with E-state index in [1.807, 2.05) is 0 Å². The SMILES string of the molecule is CCCCCCCCCCCCSCc1cc(C2CCCCC2)c(O)c(C2CCCCC2)c1. The van der Waals surface area contributed by atoms with Gasteiger partial charge in [0.05, 0.1) is 0 Å². The molecule has 1 N–H and O–H groups in total. The molecule has 1 nitrogen and oxygen atoms in total. The van der Waals surface area contributed by atoms with Crippen LogP contribution in [0.2, 0.25) is 0 Å². The minimum absolute atomic E-state index is 0.591. The van der Waals surface area contributed by atoms with Crippen molar-refractivity contribution in [2.75, 3.05) is 5.75 Å². The first-order valence-corrected chi connectivity index (χ1v) is 15.9. The third-order valence-electron chi connectivity index (χ3n) is 8.23. The summed E-state index contributed by atoms with van der Waals surface area (Å²) in [5, 5.41) is 11.3. The zero-order valence-corrected chi connectivity index (χ0v) is 22.5. The van der Waals surface area contributed by atoms with Crippen LogP contribution in [0.1, 0.15) is 164 Å². The lowest BCUT2D eigenvalue weighted by atomic mass is 9.78. The number of hydrogen-bond donors (Lipinski definition) is 1. The summed E-state index contributed by atoms with van der Waals surface area (Å²) in [5.74, 6) is 4.27. The van der Waals surface area contributed by atoms with Gasteiger partial charge in [0.25, 0.3) is 0 Å². The standard InChI is InChI=1S/C31H52OS/c1-2-3-4-5-6-7-8-9-10-17-22-33-25-26-23-29(27-18-13-11-14-19-27)31(32)30(24-26)28-20-15-12-16-21-28/h23-24,27-28,32H,2-22,25H2,1H3. The van der Waals surface area contributed by atoms with Crippen molar-refractivity contribution in [3.8, 4) is 5.75 Å². The van der Waals surface area contributed by atoms with Gasteiger partial charge in [0, 0.05) is 5.75 Å². The average Bonchev–Trinajstić information content (AvgIpc) is 2.86. The van der Waals surface area contributed by atoms with Crippen molar-refractivity contribution in [3.05, 3.63) is 28.8 Å². The molecule has 2 aliphatic carbocycles. The fourth-order valence-corrected chi connectivity index (χ4v) is 7.11. The highest BCUT2D eigenvalue weighted by molar-refractivity contribution is 7.98. The van der Waals surface area contributed by atoms with Crippen molar-refractivity contribution in [2.45, 2.75) is 153 Å². The summed E-state index contributed by atoms with van der Waals surface area (Å²) in [6, 6.07) is 4.78. The van der Waals surface area contributed by atoms with Crippen LogP contribution in [0, 0.1) is 0 Å². The van der Waals surface area contributed by atoms with E-state index >= 15 is 0 Å². The largest absolute Gasteiger partial charge is 0.507 e. The van der Waals surface area contributed by atoms with Crippen LogP contribution in [0.15, 0.2) is 12.1 Å². The maximum absolute atomic E-state index is 11.3. The molecule has 0 spiro atoms. The van der Waals surface area contributed by atoms with Crippen LogP contribution in [0.3, 0.4) is 0 Å². The molecule has 2 saturated carbocycles. The number of phenols is 1. The molecule has 0 bridgehead atoms. The van der Waals surface area contributed by atoms with Gasteiger partial charge in [0.2, 0.25) is 0 Å². The van der Waals surface area contributed by atoms with Crippen LogP contribution in [-0.4, -0.2) is 10.9 Å². The number of phenolic OH excluding ortho intramolecular Hbond substituents is 1. The van der Waals surface area contributed by atoms with Crippen LogP contribution in [-0.2, 0) is 5.75 Å². The third kappa shape index (κ3) is 9.50. The highest BCUT2D eigenvalue weighted by Gasteiger charge is 2.25. The molecule has 0 radical (unpaired) electrons. The first-order valence-electron chi connectivity index (χ1n) is 14.7. The molecule has 0 aliphatic heterocycles. The first kappa shape index (κ1) is 27.0. The summed E-state index contributed by atoms with van der Waals surface area (Å²) >= 11 is 2.12. The van der Waals surface area contributed by atoms with Gasteiger partial charge in [-0.1, -0.05) is 115 Å². The lowest BCUT2D eigenvalue weighted by molar-refractivity contribution is 0.393. The Balaban J connectivity index is 1.44. The van der Waals surface area contributed by atoms with Crippen molar-refractivity contribution in [2.24, 2.45) is 0 Å². The summed E-state index contributed by atoms with van der Waals surface area (Å²) in [5.41, 5.74) is 4.07. The molecule has 0 amide bonds. The Morgan fingerprint density at radius 1 is 0.667 bits per heavy atom. The molecule has 188 valence electrons. The van der Waals surface area contributed by atoms with Crippen LogP contribution in [0.4, 0.5) is 0 Å². The van der Waals surface area contributed by atoms with E-state index in [0.29, 0.717) is 17.6 Å². The molecular formula is C31H52OS. The van der Waals surface area contributed by atoms with Crippen molar-refractivity contribution < 1.29 is 5.11 Å². The van der Waals surface area contributed by atoms with E-state index < -0.39 is 0 Å². The van der Waals surface area contributed by atoms with E-state index in [1.165, 1.54) is 151 Å². The monoisotopic (exact) mass is 472 g/mol. The van der Waals surface area contributed by atoms with Gasteiger partial charge >= 0.3 is 0 Å². The Bertz CT molecular complexity index is 603. The van der Waals surface area contributed by atoms with Crippen molar-refractivity contribution in [1.82, 2.24) is 0 Å². The molecule has 2 aliphatic rings. The Hall–Kier alpha value is -0.630. The lowest BCUT2D eigenvalue weighted by Crippen LogP contribution is -2.10. The molecule has 0 unspecified atom stereocenters. The first-order chi connectivity index (χ1) is 16.3. The second-order valence-corrected chi connectivity index (χ2v) is 12.1. The smallest absolute Gasteiger partial charge is 0.122 e. The highest BCUT2D eigenvalue weighted by Crippen LogP contribution is 2.44. The normalized spacial score (nSPS) is 18.1. The van der Waals surface area contributed by atoms with Crippen molar-refractivity contribution >= 4 is 11.8 Å². The Labute approximate surface area is 209 Å². The van der Waals surface area contributed by atoms with E-state index in [2.05, 4.69) is 30.8 Å². The lowest BCUT2D eigenvalue weighted by Gasteiger charge is -2.28. The number of aromatic hydroxyl groups is 1. The predicted octanol–water partition coefficient (Wildman–Crippen LogP) is 10.6. The van der Waals surface area contributed by atoms with E-state index in [-0.39, 0.29) is 0 Å². The molecule has 0 aromatic heterocycles. The third-order valence-corrected chi connectivity index (χ3v) is 9.34. The summed E-state index contributed by atoms with van der Waals surface area (Å²) in [6.45, 7) is 2.30. The molecule has 0 heterocycles. The predicted molar refractivity (Wildman–Crippen MR) is 148 cm³/mol. The van der Waals surface area contributed by atoms with Gasteiger partial charge in [0.1, 0.15) is 5.75 Å². The molecule has 1 aromatic carbocycles. The van der Waals surface area contributed by atoms with Gasteiger partial charge in [-0.05, 0) is 66.4 Å². The van der Waals surface area contributed by atoms with Crippen molar-refractivity contribution in [3.63, 3.8) is 0 Å². The van der Waals surface area contributed by atoms with Gasteiger partial charge in [-0.15, -0.1) is 0 Å². The molecule has 1 aromatic rings. The van der Waals surface area contributed by atoms with E-state index in [0.717, 1.165) is 5.75 Å². The molecule has 2 fully saturated rings. The minimum atomic E-state index is 0.591. The quantitative estimate of drug-likeness (QED) is 0.256. The zero-order chi connectivity index (χ0) is 23.1. The van der Waals surface area contributed by atoms with Crippen LogP contribution >= 0.6 is 11.8 Å². The second-order valence-electron chi connectivity index (χ2n) is 11.0. The second kappa shape index (κ2) is 16.1. The molecule has 0 atom stereocenters. The maximum atomic E-state index is 11.3. The maximum Gasteiger partial charge on any atom is 0.122 e. The fraction of sp³-hybridized carbons (Fsp3) is 0.806. The number of rotatable bonds is 15. The fourth-order valence-electron chi connectivity index (χ4n) is 6.16. The van der Waals surface area contributed by atoms with Gasteiger partial charge in [-0.25, -0.2) is 0 Å². The van der Waals surface area contributed by atoms with Gasteiger partial charge in [0.15, 0.2) is 0 Å². The average molecular weight is 473 g/mol. The van der Waals surface area contributed by atoms with E-state index in [9.17, 15) is 5.11 Å². The summed E-state index contributed by atoms with van der Waals surface area (Å²) in [4.78, 5) is 0. The number of thioether (sulfide) groups is 1. The van der Waals surface area contributed by atoms with Gasteiger partial charge in [-0.3, -0.25) is 0 Å². The Kier molecular flexibility index (Phi) is 13.2. The van der Waals surface area contributed by atoms with Crippen molar-refractivity contribution in [1.29, 1.82) is 0 Å². The Morgan fingerprint density at radius 3 is 1.61 bits per heavy atom. The zero-order valence-electron chi connectivity index (χ0n) is 21.7. The van der Waals surface area contributed by atoms with E-state index in [4.69, 9.17) is 0 Å². The topological polar surface area (TPSA) is 20.2 Å².